The number of nitrogens with zero attached hydrogens (tertiary/aromatic N) is 2. The second-order valence-corrected chi connectivity index (χ2v) is 4.74. The normalized spacial score (nSPS) is 11.1. The van der Waals surface area contributed by atoms with Crippen molar-refractivity contribution < 1.29 is 4.74 Å². The van der Waals surface area contributed by atoms with E-state index in [0.29, 0.717) is 12.5 Å². The average molecular weight is 252 g/mol. The Labute approximate surface area is 109 Å². The van der Waals surface area contributed by atoms with Crippen LogP contribution in [-0.2, 0) is 4.74 Å². The molecule has 0 radical (unpaired) electrons. The van der Waals surface area contributed by atoms with Crippen LogP contribution in [0.1, 0.15) is 39.2 Å². The zero-order valence-electron chi connectivity index (χ0n) is 11.9. The van der Waals surface area contributed by atoms with Crippen molar-refractivity contribution in [3.8, 4) is 0 Å². The van der Waals surface area contributed by atoms with E-state index in [2.05, 4.69) is 34.4 Å². The second-order valence-electron chi connectivity index (χ2n) is 4.74. The lowest BCUT2D eigenvalue weighted by Gasteiger charge is -2.17. The van der Waals surface area contributed by atoms with E-state index >= 15 is 0 Å². The van der Waals surface area contributed by atoms with Gasteiger partial charge in [-0.05, 0) is 19.8 Å². The molecule has 0 fully saturated rings. The summed E-state index contributed by atoms with van der Waals surface area (Å²) in [5.41, 5.74) is 1.12. The van der Waals surface area contributed by atoms with Gasteiger partial charge in [-0.15, -0.1) is 0 Å². The number of hydrogen-bond donors (Lipinski definition) is 2. The highest BCUT2D eigenvalue weighted by Gasteiger charge is 2.13. The number of aromatic nitrogens is 2. The molecule has 0 saturated carbocycles. The summed E-state index contributed by atoms with van der Waals surface area (Å²) in [6, 6.07) is 0. The van der Waals surface area contributed by atoms with Crippen LogP contribution in [-0.4, -0.2) is 36.3 Å². The smallest absolute Gasteiger partial charge is 0.135 e. The van der Waals surface area contributed by atoms with Crippen molar-refractivity contribution in [3.05, 3.63) is 11.9 Å². The van der Waals surface area contributed by atoms with E-state index in [9.17, 15) is 0 Å². The molecule has 0 bridgehead atoms. The van der Waals surface area contributed by atoms with Gasteiger partial charge in [-0.3, -0.25) is 0 Å². The van der Waals surface area contributed by atoms with Crippen molar-refractivity contribution in [2.75, 3.05) is 30.8 Å². The zero-order chi connectivity index (χ0) is 13.5. The van der Waals surface area contributed by atoms with Crippen molar-refractivity contribution in [1.29, 1.82) is 0 Å². The molecule has 0 unspecified atom stereocenters. The number of ether oxygens (including phenoxy) is 1. The molecule has 102 valence electrons. The quantitative estimate of drug-likeness (QED) is 0.730. The predicted octanol–water partition coefficient (Wildman–Crippen LogP) is 2.48. The van der Waals surface area contributed by atoms with E-state index < -0.39 is 0 Å². The Bertz CT molecular complexity index is 366. The van der Waals surface area contributed by atoms with Crippen molar-refractivity contribution in [3.63, 3.8) is 0 Å². The molecule has 0 amide bonds. The third-order valence-electron chi connectivity index (χ3n) is 2.54. The average Bonchev–Trinajstić information content (AvgIpc) is 2.33. The second kappa shape index (κ2) is 7.16. The number of anilines is 2. The van der Waals surface area contributed by atoms with Gasteiger partial charge >= 0.3 is 0 Å². The van der Waals surface area contributed by atoms with Crippen molar-refractivity contribution in [2.24, 2.45) is 0 Å². The number of rotatable bonds is 7. The highest BCUT2D eigenvalue weighted by molar-refractivity contribution is 5.58. The fourth-order valence-electron chi connectivity index (χ4n) is 1.75. The molecule has 0 aromatic carbocycles. The molecule has 1 heterocycles. The van der Waals surface area contributed by atoms with E-state index in [4.69, 9.17) is 4.74 Å². The maximum Gasteiger partial charge on any atom is 0.135 e. The molecule has 0 atom stereocenters. The summed E-state index contributed by atoms with van der Waals surface area (Å²) in [5.74, 6) is 2.13. The van der Waals surface area contributed by atoms with Crippen LogP contribution in [0.3, 0.4) is 0 Å². The van der Waals surface area contributed by atoms with Crippen LogP contribution in [0.5, 0.6) is 0 Å². The van der Waals surface area contributed by atoms with Gasteiger partial charge in [-0.25, -0.2) is 9.97 Å². The van der Waals surface area contributed by atoms with Crippen molar-refractivity contribution in [1.82, 2.24) is 9.97 Å². The standard InChI is InChI=1S/C13H24N4O/c1-9(2)11-12(14-5)16-8-17-13(11)15-6-7-18-10(3)4/h8-10H,6-7H2,1-5H3,(H2,14,15,16,17). The third-order valence-corrected chi connectivity index (χ3v) is 2.54. The Hall–Kier alpha value is -1.36. The fraction of sp³-hybridized carbons (Fsp3) is 0.692. The van der Waals surface area contributed by atoms with Crippen molar-refractivity contribution in [2.45, 2.75) is 39.7 Å². The van der Waals surface area contributed by atoms with Crippen LogP contribution in [0.4, 0.5) is 11.6 Å². The summed E-state index contributed by atoms with van der Waals surface area (Å²) < 4.78 is 5.50. The number of hydrogen-bond acceptors (Lipinski definition) is 5. The molecule has 1 aromatic heterocycles. The van der Waals surface area contributed by atoms with Gasteiger partial charge in [0.25, 0.3) is 0 Å². The lowest BCUT2D eigenvalue weighted by molar-refractivity contribution is 0.0870. The Balaban J connectivity index is 2.69. The SMILES string of the molecule is CNc1ncnc(NCCOC(C)C)c1C(C)C. The van der Waals surface area contributed by atoms with Crippen LogP contribution in [0, 0.1) is 0 Å². The van der Waals surface area contributed by atoms with Gasteiger partial charge in [0.05, 0.1) is 12.7 Å². The summed E-state index contributed by atoms with van der Waals surface area (Å²) in [6.07, 6.45) is 1.83. The van der Waals surface area contributed by atoms with Crippen LogP contribution in [0.25, 0.3) is 0 Å². The minimum atomic E-state index is 0.259. The van der Waals surface area contributed by atoms with Gasteiger partial charge in [0.1, 0.15) is 18.0 Å². The molecule has 2 N–H and O–H groups in total. The monoisotopic (exact) mass is 252 g/mol. The van der Waals surface area contributed by atoms with Gasteiger partial charge < -0.3 is 15.4 Å². The molecule has 0 aliphatic carbocycles. The molecule has 0 spiro atoms. The summed E-state index contributed by atoms with van der Waals surface area (Å²) in [7, 11) is 1.87. The third kappa shape index (κ3) is 4.14. The lowest BCUT2D eigenvalue weighted by atomic mass is 10.0. The van der Waals surface area contributed by atoms with Crippen LogP contribution >= 0.6 is 0 Å². The Morgan fingerprint density at radius 1 is 1.17 bits per heavy atom. The maximum atomic E-state index is 5.50. The van der Waals surface area contributed by atoms with Crippen molar-refractivity contribution >= 4 is 11.6 Å². The summed E-state index contributed by atoms with van der Waals surface area (Å²) in [5, 5.41) is 6.41. The first kappa shape index (κ1) is 14.7. The first-order valence-corrected chi connectivity index (χ1v) is 6.44. The molecule has 18 heavy (non-hydrogen) atoms. The Morgan fingerprint density at radius 3 is 2.39 bits per heavy atom. The highest BCUT2D eigenvalue weighted by atomic mass is 16.5. The van der Waals surface area contributed by atoms with Gasteiger partial charge in [0.2, 0.25) is 0 Å². The zero-order valence-corrected chi connectivity index (χ0v) is 11.9. The Kier molecular flexibility index (Phi) is 5.85. The van der Waals surface area contributed by atoms with Crippen LogP contribution < -0.4 is 10.6 Å². The van der Waals surface area contributed by atoms with Gasteiger partial charge in [-0.1, -0.05) is 13.8 Å². The lowest BCUT2D eigenvalue weighted by Crippen LogP contribution is -2.16. The van der Waals surface area contributed by atoms with Crippen LogP contribution in [0.15, 0.2) is 6.33 Å². The molecule has 0 aliphatic rings. The molecule has 0 aliphatic heterocycles. The topological polar surface area (TPSA) is 59.1 Å². The van der Waals surface area contributed by atoms with E-state index in [1.165, 1.54) is 0 Å². The van der Waals surface area contributed by atoms with Crippen LogP contribution in [0.2, 0.25) is 0 Å². The summed E-state index contributed by atoms with van der Waals surface area (Å²) in [6.45, 7) is 9.75. The van der Waals surface area contributed by atoms with E-state index in [-0.39, 0.29) is 6.10 Å². The predicted molar refractivity (Wildman–Crippen MR) is 75.2 cm³/mol. The summed E-state index contributed by atoms with van der Waals surface area (Å²) in [4.78, 5) is 8.55. The highest BCUT2D eigenvalue weighted by Crippen LogP contribution is 2.27. The molecule has 1 aromatic rings. The van der Waals surface area contributed by atoms with Gasteiger partial charge in [0.15, 0.2) is 0 Å². The van der Waals surface area contributed by atoms with E-state index in [1.54, 1.807) is 6.33 Å². The van der Waals surface area contributed by atoms with Gasteiger partial charge in [0, 0.05) is 19.2 Å². The minimum Gasteiger partial charge on any atom is -0.377 e. The maximum absolute atomic E-state index is 5.50. The van der Waals surface area contributed by atoms with Gasteiger partial charge in [-0.2, -0.15) is 0 Å². The van der Waals surface area contributed by atoms with E-state index in [1.807, 2.05) is 20.9 Å². The summed E-state index contributed by atoms with van der Waals surface area (Å²) >= 11 is 0. The molecule has 5 nitrogen and oxygen atoms in total. The fourth-order valence-corrected chi connectivity index (χ4v) is 1.75. The largest absolute Gasteiger partial charge is 0.377 e. The molecular formula is C13H24N4O. The Morgan fingerprint density at radius 2 is 1.83 bits per heavy atom. The van der Waals surface area contributed by atoms with E-state index in [0.717, 1.165) is 23.7 Å². The number of nitrogens with one attached hydrogen (secondary N) is 2. The first-order chi connectivity index (χ1) is 8.56. The molecule has 5 heteroatoms. The first-order valence-electron chi connectivity index (χ1n) is 6.44. The minimum absolute atomic E-state index is 0.259. The molecule has 0 saturated heterocycles. The molecular weight excluding hydrogens is 228 g/mol. The molecule has 1 rings (SSSR count).